The minimum Gasteiger partial charge on any atom is -0.493 e. The van der Waals surface area contributed by atoms with Crippen LogP contribution < -0.4 is 14.4 Å². The smallest absolute Gasteiger partial charge is 0.242 e. The van der Waals surface area contributed by atoms with Crippen LogP contribution in [0.4, 0.5) is 5.82 Å². The van der Waals surface area contributed by atoms with Crippen molar-refractivity contribution in [1.82, 2.24) is 20.0 Å². The van der Waals surface area contributed by atoms with Gasteiger partial charge in [-0.3, -0.25) is 9.59 Å². The lowest BCUT2D eigenvalue weighted by molar-refractivity contribution is -0.140. The second-order valence-electron chi connectivity index (χ2n) is 8.58. The number of methoxy groups -OCH3 is 2. The standard InChI is InChI=1S/C27H31N5O4/c1-20(33)32(18-21-7-5-4-6-8-21)19-27(34)31-15-13-30(14-16-31)26-12-10-23(28-29-26)22-9-11-24(35-2)25(17-22)36-3/h4-12,17H,13-16,18-19H2,1-3H3. The first-order valence-corrected chi connectivity index (χ1v) is 11.9. The highest BCUT2D eigenvalue weighted by molar-refractivity contribution is 5.84. The molecule has 0 saturated carbocycles. The fourth-order valence-corrected chi connectivity index (χ4v) is 4.17. The van der Waals surface area contributed by atoms with E-state index >= 15 is 0 Å². The van der Waals surface area contributed by atoms with Crippen molar-refractivity contribution in [1.29, 1.82) is 0 Å². The first-order valence-electron chi connectivity index (χ1n) is 11.9. The normalized spacial score (nSPS) is 13.3. The lowest BCUT2D eigenvalue weighted by atomic mass is 10.1. The topological polar surface area (TPSA) is 88.1 Å². The first-order chi connectivity index (χ1) is 17.5. The number of benzene rings is 2. The largest absolute Gasteiger partial charge is 0.493 e. The second-order valence-corrected chi connectivity index (χ2v) is 8.58. The summed E-state index contributed by atoms with van der Waals surface area (Å²) in [5.74, 6) is 1.89. The van der Waals surface area contributed by atoms with Crippen molar-refractivity contribution >= 4 is 17.6 Å². The molecule has 0 radical (unpaired) electrons. The van der Waals surface area contributed by atoms with E-state index in [0.29, 0.717) is 44.2 Å². The quantitative estimate of drug-likeness (QED) is 0.481. The number of aromatic nitrogens is 2. The zero-order chi connectivity index (χ0) is 25.5. The summed E-state index contributed by atoms with van der Waals surface area (Å²) < 4.78 is 10.7. The van der Waals surface area contributed by atoms with Gasteiger partial charge in [0.05, 0.1) is 19.9 Å². The number of rotatable bonds is 8. The van der Waals surface area contributed by atoms with Crippen molar-refractivity contribution in [2.45, 2.75) is 13.5 Å². The molecule has 0 unspecified atom stereocenters. The van der Waals surface area contributed by atoms with E-state index in [1.807, 2.05) is 65.6 Å². The van der Waals surface area contributed by atoms with Crippen LogP contribution in [0.3, 0.4) is 0 Å². The van der Waals surface area contributed by atoms with Crippen LogP contribution in [0, 0.1) is 0 Å². The Morgan fingerprint density at radius 1 is 0.889 bits per heavy atom. The molecule has 1 aliphatic heterocycles. The Hall–Kier alpha value is -4.14. The minimum absolute atomic E-state index is 0.0457. The van der Waals surface area contributed by atoms with Gasteiger partial charge in [-0.1, -0.05) is 30.3 Å². The van der Waals surface area contributed by atoms with Crippen LogP contribution in [0.5, 0.6) is 11.5 Å². The van der Waals surface area contributed by atoms with Crippen LogP contribution in [0.1, 0.15) is 12.5 Å². The lowest BCUT2D eigenvalue weighted by Gasteiger charge is -2.36. The maximum Gasteiger partial charge on any atom is 0.242 e. The molecular weight excluding hydrogens is 458 g/mol. The summed E-state index contributed by atoms with van der Waals surface area (Å²) in [4.78, 5) is 30.5. The SMILES string of the molecule is COc1ccc(-c2ccc(N3CCN(C(=O)CN(Cc4ccccc4)C(C)=O)CC3)nn2)cc1OC. The summed E-state index contributed by atoms with van der Waals surface area (Å²) in [5.41, 5.74) is 2.62. The fraction of sp³-hybridized carbons (Fsp3) is 0.333. The van der Waals surface area contributed by atoms with E-state index in [-0.39, 0.29) is 18.4 Å². The van der Waals surface area contributed by atoms with E-state index < -0.39 is 0 Å². The van der Waals surface area contributed by atoms with Gasteiger partial charge in [0.1, 0.15) is 6.54 Å². The second kappa shape index (κ2) is 11.5. The molecule has 4 rings (SSSR count). The Labute approximate surface area is 211 Å². The predicted octanol–water partition coefficient (Wildman–Crippen LogP) is 2.86. The van der Waals surface area contributed by atoms with Crippen LogP contribution in [-0.2, 0) is 16.1 Å². The molecule has 2 heterocycles. The van der Waals surface area contributed by atoms with Gasteiger partial charge in [0, 0.05) is 45.2 Å². The summed E-state index contributed by atoms with van der Waals surface area (Å²) in [5, 5.41) is 8.81. The van der Waals surface area contributed by atoms with Gasteiger partial charge in [0.2, 0.25) is 11.8 Å². The van der Waals surface area contributed by atoms with Gasteiger partial charge in [0.25, 0.3) is 0 Å². The predicted molar refractivity (Wildman–Crippen MR) is 137 cm³/mol. The van der Waals surface area contributed by atoms with Gasteiger partial charge in [-0.15, -0.1) is 10.2 Å². The molecule has 1 saturated heterocycles. The molecular formula is C27H31N5O4. The van der Waals surface area contributed by atoms with Crippen LogP contribution in [-0.4, -0.2) is 78.8 Å². The lowest BCUT2D eigenvalue weighted by Crippen LogP contribution is -2.51. The summed E-state index contributed by atoms with van der Waals surface area (Å²) in [6.07, 6.45) is 0. The molecule has 1 fully saturated rings. The maximum absolute atomic E-state index is 12.9. The maximum atomic E-state index is 12.9. The van der Waals surface area contributed by atoms with Gasteiger partial charge >= 0.3 is 0 Å². The molecule has 0 atom stereocenters. The summed E-state index contributed by atoms with van der Waals surface area (Å²) in [7, 11) is 3.20. The summed E-state index contributed by atoms with van der Waals surface area (Å²) >= 11 is 0. The third kappa shape index (κ3) is 5.91. The average Bonchev–Trinajstić information content (AvgIpc) is 2.93. The van der Waals surface area contributed by atoms with E-state index in [1.54, 1.807) is 19.1 Å². The van der Waals surface area contributed by atoms with Crippen LogP contribution >= 0.6 is 0 Å². The Morgan fingerprint density at radius 3 is 2.22 bits per heavy atom. The summed E-state index contributed by atoms with van der Waals surface area (Å²) in [6, 6.07) is 19.2. The van der Waals surface area contributed by atoms with Crippen molar-refractivity contribution in [3.05, 3.63) is 66.2 Å². The molecule has 0 aliphatic carbocycles. The molecule has 2 amide bonds. The summed E-state index contributed by atoms with van der Waals surface area (Å²) in [6.45, 7) is 4.42. The number of ether oxygens (including phenoxy) is 2. The Morgan fingerprint density at radius 2 is 1.61 bits per heavy atom. The highest BCUT2D eigenvalue weighted by atomic mass is 16.5. The Kier molecular flexibility index (Phi) is 7.99. The Bertz CT molecular complexity index is 1180. The van der Waals surface area contributed by atoms with Gasteiger partial charge < -0.3 is 24.2 Å². The zero-order valence-corrected chi connectivity index (χ0v) is 20.9. The minimum atomic E-state index is -0.115. The van der Waals surface area contributed by atoms with Crippen molar-refractivity contribution in [3.8, 4) is 22.8 Å². The van der Waals surface area contributed by atoms with E-state index in [0.717, 1.165) is 22.6 Å². The van der Waals surface area contributed by atoms with Crippen molar-refractivity contribution in [3.63, 3.8) is 0 Å². The first kappa shape index (κ1) is 25.0. The number of hydrogen-bond acceptors (Lipinski definition) is 7. The van der Waals surface area contributed by atoms with E-state index in [2.05, 4.69) is 15.1 Å². The molecule has 2 aromatic carbocycles. The molecule has 36 heavy (non-hydrogen) atoms. The fourth-order valence-electron chi connectivity index (χ4n) is 4.17. The van der Waals surface area contributed by atoms with Crippen molar-refractivity contribution in [2.75, 3.05) is 51.8 Å². The highest BCUT2D eigenvalue weighted by Crippen LogP contribution is 2.31. The molecule has 1 aromatic heterocycles. The third-order valence-electron chi connectivity index (χ3n) is 6.27. The Balaban J connectivity index is 1.33. The molecule has 3 aromatic rings. The number of carbonyl (C=O) groups excluding carboxylic acids is 2. The van der Waals surface area contributed by atoms with E-state index in [4.69, 9.17) is 9.47 Å². The van der Waals surface area contributed by atoms with Crippen LogP contribution in [0.25, 0.3) is 11.3 Å². The monoisotopic (exact) mass is 489 g/mol. The third-order valence-corrected chi connectivity index (χ3v) is 6.27. The van der Waals surface area contributed by atoms with E-state index in [1.165, 1.54) is 6.92 Å². The van der Waals surface area contributed by atoms with Gasteiger partial charge in [-0.25, -0.2) is 0 Å². The average molecular weight is 490 g/mol. The van der Waals surface area contributed by atoms with Crippen molar-refractivity contribution in [2.24, 2.45) is 0 Å². The molecule has 0 N–H and O–H groups in total. The number of hydrogen-bond donors (Lipinski definition) is 0. The van der Waals surface area contributed by atoms with Crippen LogP contribution in [0.2, 0.25) is 0 Å². The van der Waals surface area contributed by atoms with Crippen LogP contribution in [0.15, 0.2) is 60.7 Å². The highest BCUT2D eigenvalue weighted by Gasteiger charge is 2.24. The number of carbonyl (C=O) groups is 2. The number of piperazine rings is 1. The molecule has 188 valence electrons. The van der Waals surface area contributed by atoms with Gasteiger partial charge in [-0.05, 0) is 35.9 Å². The zero-order valence-electron chi connectivity index (χ0n) is 20.9. The molecule has 9 nitrogen and oxygen atoms in total. The number of amides is 2. The van der Waals surface area contributed by atoms with E-state index in [9.17, 15) is 9.59 Å². The van der Waals surface area contributed by atoms with Gasteiger partial charge in [0.15, 0.2) is 17.3 Å². The molecule has 9 heteroatoms. The van der Waals surface area contributed by atoms with Gasteiger partial charge in [-0.2, -0.15) is 0 Å². The number of anilines is 1. The van der Waals surface area contributed by atoms with Crippen molar-refractivity contribution < 1.29 is 19.1 Å². The molecule has 0 spiro atoms. The number of nitrogens with zero attached hydrogens (tertiary/aromatic N) is 5. The molecule has 0 bridgehead atoms. The molecule has 1 aliphatic rings.